The molecule has 6 heteroatoms. The van der Waals surface area contributed by atoms with Gasteiger partial charge in [-0.25, -0.2) is 0 Å². The van der Waals surface area contributed by atoms with Crippen molar-refractivity contribution in [3.05, 3.63) is 52.5 Å². The SMILES string of the molecule is CN(Cc1ccc2c(c1)OCO2)C(=O)c1ccc(O)c(Cl)c1. The number of hydrogen-bond donors (Lipinski definition) is 1. The number of aromatic hydroxyl groups is 1. The number of phenols is 1. The van der Waals surface area contributed by atoms with Crippen LogP contribution in [0.1, 0.15) is 15.9 Å². The molecule has 1 N–H and O–H groups in total. The number of halogens is 1. The molecule has 2 aromatic carbocycles. The summed E-state index contributed by atoms with van der Waals surface area (Å²) in [5.41, 5.74) is 1.36. The number of benzene rings is 2. The van der Waals surface area contributed by atoms with Gasteiger partial charge in [0.1, 0.15) is 5.75 Å². The summed E-state index contributed by atoms with van der Waals surface area (Å²) >= 11 is 5.84. The number of amides is 1. The van der Waals surface area contributed by atoms with E-state index < -0.39 is 0 Å². The Labute approximate surface area is 132 Å². The van der Waals surface area contributed by atoms with E-state index in [4.69, 9.17) is 21.1 Å². The van der Waals surface area contributed by atoms with E-state index in [9.17, 15) is 9.90 Å². The van der Waals surface area contributed by atoms with Crippen molar-refractivity contribution in [2.24, 2.45) is 0 Å². The highest BCUT2D eigenvalue weighted by Crippen LogP contribution is 2.33. The highest BCUT2D eigenvalue weighted by atomic mass is 35.5. The second-order valence-electron chi connectivity index (χ2n) is 5.02. The first-order valence-corrected chi connectivity index (χ1v) is 7.05. The molecule has 0 unspecified atom stereocenters. The van der Waals surface area contributed by atoms with Crippen molar-refractivity contribution < 1.29 is 19.4 Å². The van der Waals surface area contributed by atoms with Crippen LogP contribution in [-0.4, -0.2) is 29.8 Å². The summed E-state index contributed by atoms with van der Waals surface area (Å²) in [6.07, 6.45) is 0. The molecule has 0 radical (unpaired) electrons. The van der Waals surface area contributed by atoms with E-state index in [1.54, 1.807) is 18.0 Å². The molecule has 0 bridgehead atoms. The summed E-state index contributed by atoms with van der Waals surface area (Å²) in [6.45, 7) is 0.646. The summed E-state index contributed by atoms with van der Waals surface area (Å²) in [4.78, 5) is 13.9. The van der Waals surface area contributed by atoms with Gasteiger partial charge < -0.3 is 19.5 Å². The van der Waals surface area contributed by atoms with Gasteiger partial charge >= 0.3 is 0 Å². The molecule has 0 atom stereocenters. The van der Waals surface area contributed by atoms with E-state index in [-0.39, 0.29) is 23.5 Å². The highest BCUT2D eigenvalue weighted by Gasteiger charge is 2.17. The third-order valence-electron chi connectivity index (χ3n) is 3.40. The van der Waals surface area contributed by atoms with Crippen LogP contribution in [0.15, 0.2) is 36.4 Å². The molecule has 22 heavy (non-hydrogen) atoms. The number of nitrogens with zero attached hydrogens (tertiary/aromatic N) is 1. The second-order valence-corrected chi connectivity index (χ2v) is 5.42. The van der Waals surface area contributed by atoms with Crippen molar-refractivity contribution in [2.75, 3.05) is 13.8 Å². The Morgan fingerprint density at radius 2 is 2.00 bits per heavy atom. The van der Waals surface area contributed by atoms with E-state index in [1.165, 1.54) is 12.1 Å². The zero-order valence-electron chi connectivity index (χ0n) is 11.9. The number of rotatable bonds is 3. The van der Waals surface area contributed by atoms with Crippen LogP contribution in [0.25, 0.3) is 0 Å². The fourth-order valence-corrected chi connectivity index (χ4v) is 2.43. The lowest BCUT2D eigenvalue weighted by Gasteiger charge is -2.18. The fraction of sp³-hybridized carbons (Fsp3) is 0.188. The van der Waals surface area contributed by atoms with Gasteiger partial charge in [0.15, 0.2) is 11.5 Å². The summed E-state index contributed by atoms with van der Waals surface area (Å²) in [5.74, 6) is 1.17. The molecule has 1 heterocycles. The van der Waals surface area contributed by atoms with E-state index in [2.05, 4.69) is 0 Å². The molecule has 0 fully saturated rings. The van der Waals surface area contributed by atoms with Crippen LogP contribution in [-0.2, 0) is 6.54 Å². The first kappa shape index (κ1) is 14.5. The van der Waals surface area contributed by atoms with Gasteiger partial charge in [-0.1, -0.05) is 17.7 Å². The Morgan fingerprint density at radius 1 is 1.23 bits per heavy atom. The minimum atomic E-state index is -0.181. The zero-order chi connectivity index (χ0) is 15.7. The monoisotopic (exact) mass is 319 g/mol. The van der Waals surface area contributed by atoms with Crippen molar-refractivity contribution in [1.29, 1.82) is 0 Å². The van der Waals surface area contributed by atoms with Gasteiger partial charge in [0.25, 0.3) is 5.91 Å². The quantitative estimate of drug-likeness (QED) is 0.944. The second kappa shape index (κ2) is 5.77. The van der Waals surface area contributed by atoms with Crippen LogP contribution in [0.3, 0.4) is 0 Å². The number of phenolic OH excluding ortho intramolecular Hbond substituents is 1. The maximum absolute atomic E-state index is 12.4. The lowest BCUT2D eigenvalue weighted by molar-refractivity contribution is 0.0785. The summed E-state index contributed by atoms with van der Waals surface area (Å²) < 4.78 is 10.6. The summed E-state index contributed by atoms with van der Waals surface area (Å²) in [7, 11) is 1.70. The van der Waals surface area contributed by atoms with Crippen molar-refractivity contribution >= 4 is 17.5 Å². The van der Waals surface area contributed by atoms with Gasteiger partial charge in [-0.05, 0) is 35.9 Å². The normalized spacial score (nSPS) is 12.3. The molecule has 114 valence electrons. The Morgan fingerprint density at radius 3 is 2.77 bits per heavy atom. The molecular formula is C16H14ClNO4. The van der Waals surface area contributed by atoms with Gasteiger partial charge in [0, 0.05) is 19.2 Å². The van der Waals surface area contributed by atoms with Crippen molar-refractivity contribution in [3.8, 4) is 17.2 Å². The molecular weight excluding hydrogens is 306 g/mol. The van der Waals surface area contributed by atoms with Gasteiger partial charge in [0.05, 0.1) is 5.02 Å². The Bertz CT molecular complexity index is 732. The minimum absolute atomic E-state index is 0.0448. The number of carbonyl (C=O) groups excluding carboxylic acids is 1. The predicted molar refractivity (Wildman–Crippen MR) is 81.5 cm³/mol. The van der Waals surface area contributed by atoms with Gasteiger partial charge in [0.2, 0.25) is 6.79 Å². The summed E-state index contributed by atoms with van der Waals surface area (Å²) in [5, 5.41) is 9.56. The molecule has 5 nitrogen and oxygen atoms in total. The number of fused-ring (bicyclic) bond motifs is 1. The van der Waals surface area contributed by atoms with Crippen LogP contribution >= 0.6 is 11.6 Å². The average Bonchev–Trinajstić information content (AvgIpc) is 2.97. The molecule has 1 aliphatic rings. The maximum atomic E-state index is 12.4. The van der Waals surface area contributed by atoms with Crippen molar-refractivity contribution in [1.82, 2.24) is 4.90 Å². The number of ether oxygens (including phenoxy) is 2. The molecule has 1 aliphatic heterocycles. The van der Waals surface area contributed by atoms with Crippen molar-refractivity contribution in [2.45, 2.75) is 6.54 Å². The molecule has 1 amide bonds. The Balaban J connectivity index is 1.74. The molecule has 0 saturated carbocycles. The van der Waals surface area contributed by atoms with Crippen LogP contribution in [0, 0.1) is 0 Å². The van der Waals surface area contributed by atoms with Crippen molar-refractivity contribution in [3.63, 3.8) is 0 Å². The number of hydrogen-bond acceptors (Lipinski definition) is 4. The largest absolute Gasteiger partial charge is 0.506 e. The first-order valence-electron chi connectivity index (χ1n) is 6.67. The molecule has 0 spiro atoms. The molecule has 0 saturated heterocycles. The minimum Gasteiger partial charge on any atom is -0.506 e. The van der Waals surface area contributed by atoms with Crippen LogP contribution < -0.4 is 9.47 Å². The number of carbonyl (C=O) groups is 1. The topological polar surface area (TPSA) is 59.0 Å². The van der Waals surface area contributed by atoms with E-state index in [0.29, 0.717) is 23.6 Å². The Hall–Kier alpha value is -2.40. The average molecular weight is 320 g/mol. The predicted octanol–water partition coefficient (Wildman–Crippen LogP) is 3.05. The zero-order valence-corrected chi connectivity index (χ0v) is 12.6. The van der Waals surface area contributed by atoms with E-state index in [0.717, 1.165) is 5.56 Å². The lowest BCUT2D eigenvalue weighted by atomic mass is 10.1. The van der Waals surface area contributed by atoms with Gasteiger partial charge in [-0.2, -0.15) is 0 Å². The smallest absolute Gasteiger partial charge is 0.253 e. The van der Waals surface area contributed by atoms with Gasteiger partial charge in [-0.15, -0.1) is 0 Å². The first-order chi connectivity index (χ1) is 10.5. The standard InChI is InChI=1S/C16H14ClNO4/c1-18(16(20)11-3-4-13(19)12(17)7-11)8-10-2-5-14-15(6-10)22-9-21-14/h2-7,19H,8-9H2,1H3. The summed E-state index contributed by atoms with van der Waals surface area (Å²) in [6, 6.07) is 9.98. The lowest BCUT2D eigenvalue weighted by Crippen LogP contribution is -2.26. The van der Waals surface area contributed by atoms with Crippen LogP contribution in [0.4, 0.5) is 0 Å². The Kier molecular flexibility index (Phi) is 3.81. The van der Waals surface area contributed by atoms with Crippen LogP contribution in [0.5, 0.6) is 17.2 Å². The van der Waals surface area contributed by atoms with E-state index in [1.807, 2.05) is 18.2 Å². The molecule has 0 aromatic heterocycles. The maximum Gasteiger partial charge on any atom is 0.253 e. The van der Waals surface area contributed by atoms with Crippen LogP contribution in [0.2, 0.25) is 5.02 Å². The third kappa shape index (κ3) is 2.80. The highest BCUT2D eigenvalue weighted by molar-refractivity contribution is 6.32. The van der Waals surface area contributed by atoms with Gasteiger partial charge in [-0.3, -0.25) is 4.79 Å². The van der Waals surface area contributed by atoms with E-state index >= 15 is 0 Å². The fourth-order valence-electron chi connectivity index (χ4n) is 2.25. The molecule has 3 rings (SSSR count). The third-order valence-corrected chi connectivity index (χ3v) is 3.70. The molecule has 0 aliphatic carbocycles. The molecule has 2 aromatic rings.